The SMILES string of the molecule is O=C(c1cc(-c2ccco2)nn1-c1ccccc1Cl)N1CCCC1. The van der Waals surface area contributed by atoms with Gasteiger partial charge in [0.1, 0.15) is 11.4 Å². The van der Waals surface area contributed by atoms with E-state index >= 15 is 0 Å². The number of carbonyl (C=O) groups is 1. The Hall–Kier alpha value is -2.53. The van der Waals surface area contributed by atoms with Gasteiger partial charge in [-0.3, -0.25) is 4.79 Å². The highest BCUT2D eigenvalue weighted by atomic mass is 35.5. The number of aromatic nitrogens is 2. The molecule has 1 saturated heterocycles. The molecule has 3 aromatic rings. The number of para-hydroxylation sites is 1. The maximum absolute atomic E-state index is 12.9. The van der Waals surface area contributed by atoms with E-state index in [0.29, 0.717) is 27.9 Å². The van der Waals surface area contributed by atoms with E-state index in [4.69, 9.17) is 16.0 Å². The van der Waals surface area contributed by atoms with Gasteiger partial charge >= 0.3 is 0 Å². The molecule has 2 aromatic heterocycles. The number of halogens is 1. The van der Waals surface area contributed by atoms with Crippen LogP contribution in [0.15, 0.2) is 53.1 Å². The smallest absolute Gasteiger partial charge is 0.272 e. The molecule has 122 valence electrons. The van der Waals surface area contributed by atoms with E-state index in [-0.39, 0.29) is 5.91 Å². The quantitative estimate of drug-likeness (QED) is 0.723. The Kier molecular flexibility index (Phi) is 3.86. The summed E-state index contributed by atoms with van der Waals surface area (Å²) in [6.45, 7) is 1.56. The lowest BCUT2D eigenvalue weighted by Crippen LogP contribution is -2.29. The molecule has 0 aliphatic carbocycles. The number of furan rings is 1. The second-order valence-electron chi connectivity index (χ2n) is 5.75. The van der Waals surface area contributed by atoms with Gasteiger partial charge in [-0.25, -0.2) is 4.68 Å². The lowest BCUT2D eigenvalue weighted by Gasteiger charge is -2.16. The van der Waals surface area contributed by atoms with E-state index in [1.165, 1.54) is 0 Å². The molecule has 1 aliphatic heterocycles. The number of nitrogens with zero attached hydrogens (tertiary/aromatic N) is 3. The van der Waals surface area contributed by atoms with Crippen molar-refractivity contribution in [1.82, 2.24) is 14.7 Å². The van der Waals surface area contributed by atoms with Crippen LogP contribution in [0, 0.1) is 0 Å². The number of hydrogen-bond acceptors (Lipinski definition) is 3. The highest BCUT2D eigenvalue weighted by Gasteiger charge is 2.26. The highest BCUT2D eigenvalue weighted by molar-refractivity contribution is 6.32. The summed E-state index contributed by atoms with van der Waals surface area (Å²) in [5, 5.41) is 5.11. The minimum Gasteiger partial charge on any atom is -0.463 e. The maximum atomic E-state index is 12.9. The van der Waals surface area contributed by atoms with Gasteiger partial charge in [0, 0.05) is 19.2 Å². The molecule has 0 spiro atoms. The standard InChI is InChI=1S/C18H16ClN3O2/c19-13-6-1-2-7-15(13)22-16(18(23)21-9-3-4-10-21)12-14(20-22)17-8-5-11-24-17/h1-2,5-8,11-12H,3-4,9-10H2. The maximum Gasteiger partial charge on any atom is 0.272 e. The van der Waals surface area contributed by atoms with E-state index in [1.54, 1.807) is 29.1 Å². The summed E-state index contributed by atoms with van der Waals surface area (Å²) in [6.07, 6.45) is 3.67. The third kappa shape index (κ3) is 2.61. The molecule has 0 saturated carbocycles. The zero-order valence-corrected chi connectivity index (χ0v) is 13.7. The van der Waals surface area contributed by atoms with Gasteiger partial charge in [-0.2, -0.15) is 5.10 Å². The molecule has 4 rings (SSSR count). The largest absolute Gasteiger partial charge is 0.463 e. The number of carbonyl (C=O) groups excluding carboxylic acids is 1. The van der Waals surface area contributed by atoms with Crippen LogP contribution in [0.1, 0.15) is 23.3 Å². The van der Waals surface area contributed by atoms with Crippen LogP contribution in [-0.2, 0) is 0 Å². The van der Waals surface area contributed by atoms with Crippen molar-refractivity contribution in [2.24, 2.45) is 0 Å². The van der Waals surface area contributed by atoms with Crippen molar-refractivity contribution >= 4 is 17.5 Å². The first-order valence-corrected chi connectivity index (χ1v) is 8.30. The Bertz CT molecular complexity index is 864. The summed E-state index contributed by atoms with van der Waals surface area (Å²) in [7, 11) is 0. The van der Waals surface area contributed by atoms with E-state index in [2.05, 4.69) is 5.10 Å². The molecule has 0 bridgehead atoms. The number of hydrogen-bond donors (Lipinski definition) is 0. The van der Waals surface area contributed by atoms with Gasteiger partial charge in [-0.05, 0) is 37.1 Å². The zero-order valence-electron chi connectivity index (χ0n) is 13.0. The van der Waals surface area contributed by atoms with Gasteiger partial charge in [-0.15, -0.1) is 0 Å². The molecule has 1 aliphatic rings. The predicted octanol–water partition coefficient (Wildman–Crippen LogP) is 4.02. The molecule has 24 heavy (non-hydrogen) atoms. The van der Waals surface area contributed by atoms with Crippen molar-refractivity contribution in [2.45, 2.75) is 12.8 Å². The summed E-state index contributed by atoms with van der Waals surface area (Å²) in [5.74, 6) is 0.592. The fourth-order valence-corrected chi connectivity index (χ4v) is 3.18. The van der Waals surface area contributed by atoms with Crippen LogP contribution >= 0.6 is 11.6 Å². The van der Waals surface area contributed by atoms with E-state index in [9.17, 15) is 4.79 Å². The molecule has 1 amide bonds. The Morgan fingerprint density at radius 2 is 1.92 bits per heavy atom. The number of likely N-dealkylation sites (tertiary alicyclic amines) is 1. The third-order valence-corrected chi connectivity index (χ3v) is 4.50. The molecule has 0 atom stereocenters. The van der Waals surface area contributed by atoms with Gasteiger partial charge in [0.25, 0.3) is 5.91 Å². The summed E-state index contributed by atoms with van der Waals surface area (Å²) < 4.78 is 7.04. The van der Waals surface area contributed by atoms with Gasteiger partial charge in [0.15, 0.2) is 5.76 Å². The molecular weight excluding hydrogens is 326 g/mol. The molecular formula is C18H16ClN3O2. The van der Waals surface area contributed by atoms with Crippen molar-refractivity contribution in [2.75, 3.05) is 13.1 Å². The van der Waals surface area contributed by atoms with Crippen LogP contribution in [0.2, 0.25) is 5.02 Å². The van der Waals surface area contributed by atoms with Crippen LogP contribution in [0.4, 0.5) is 0 Å². The van der Waals surface area contributed by atoms with Crippen molar-refractivity contribution < 1.29 is 9.21 Å². The Morgan fingerprint density at radius 1 is 1.12 bits per heavy atom. The van der Waals surface area contributed by atoms with Gasteiger partial charge < -0.3 is 9.32 Å². The molecule has 3 heterocycles. The zero-order chi connectivity index (χ0) is 16.5. The van der Waals surface area contributed by atoms with Crippen molar-refractivity contribution in [3.63, 3.8) is 0 Å². The van der Waals surface area contributed by atoms with Crippen molar-refractivity contribution in [1.29, 1.82) is 0 Å². The summed E-state index contributed by atoms with van der Waals surface area (Å²) >= 11 is 6.32. The topological polar surface area (TPSA) is 51.3 Å². The predicted molar refractivity (Wildman–Crippen MR) is 91.4 cm³/mol. The minimum absolute atomic E-state index is 0.0299. The van der Waals surface area contributed by atoms with Crippen molar-refractivity contribution in [3.05, 3.63) is 59.4 Å². The highest BCUT2D eigenvalue weighted by Crippen LogP contribution is 2.27. The normalized spacial score (nSPS) is 14.3. The molecule has 5 nitrogen and oxygen atoms in total. The average molecular weight is 342 g/mol. The van der Waals surface area contributed by atoms with Gasteiger partial charge in [0.05, 0.1) is 17.0 Å². The molecule has 1 fully saturated rings. The fourth-order valence-electron chi connectivity index (χ4n) is 2.97. The lowest BCUT2D eigenvalue weighted by molar-refractivity contribution is 0.0784. The average Bonchev–Trinajstić information content (AvgIpc) is 3.34. The van der Waals surface area contributed by atoms with Crippen LogP contribution < -0.4 is 0 Å². The summed E-state index contributed by atoms with van der Waals surface area (Å²) in [6, 6.07) is 12.7. The second-order valence-corrected chi connectivity index (χ2v) is 6.16. The number of benzene rings is 1. The Balaban J connectivity index is 1.84. The third-order valence-electron chi connectivity index (χ3n) is 4.18. The Morgan fingerprint density at radius 3 is 2.62 bits per heavy atom. The Labute approximate surface area is 144 Å². The molecule has 0 N–H and O–H groups in total. The van der Waals surface area contributed by atoms with Crippen LogP contribution in [-0.4, -0.2) is 33.7 Å². The van der Waals surface area contributed by atoms with E-state index in [1.807, 2.05) is 29.2 Å². The van der Waals surface area contributed by atoms with Crippen molar-refractivity contribution in [3.8, 4) is 17.1 Å². The second kappa shape index (κ2) is 6.17. The molecule has 6 heteroatoms. The summed E-state index contributed by atoms with van der Waals surface area (Å²) in [5.41, 5.74) is 1.79. The van der Waals surface area contributed by atoms with Gasteiger partial charge in [-0.1, -0.05) is 23.7 Å². The molecule has 0 unspecified atom stereocenters. The summed E-state index contributed by atoms with van der Waals surface area (Å²) in [4.78, 5) is 14.8. The number of amides is 1. The van der Waals surface area contributed by atoms with E-state index < -0.39 is 0 Å². The number of rotatable bonds is 3. The minimum atomic E-state index is -0.0299. The lowest BCUT2D eigenvalue weighted by atomic mass is 10.2. The monoisotopic (exact) mass is 341 g/mol. The fraction of sp³-hybridized carbons (Fsp3) is 0.222. The first-order chi connectivity index (χ1) is 11.7. The molecule has 0 radical (unpaired) electrons. The van der Waals surface area contributed by atoms with E-state index in [0.717, 1.165) is 25.9 Å². The van der Waals surface area contributed by atoms with Crippen LogP contribution in [0.25, 0.3) is 17.1 Å². The first-order valence-electron chi connectivity index (χ1n) is 7.92. The van der Waals surface area contributed by atoms with Gasteiger partial charge in [0.2, 0.25) is 0 Å². The first kappa shape index (κ1) is 15.0. The molecule has 1 aromatic carbocycles. The van der Waals surface area contributed by atoms with Crippen LogP contribution in [0.5, 0.6) is 0 Å². The van der Waals surface area contributed by atoms with Crippen LogP contribution in [0.3, 0.4) is 0 Å².